The van der Waals surface area contributed by atoms with Gasteiger partial charge < -0.3 is 10.6 Å². The summed E-state index contributed by atoms with van der Waals surface area (Å²) in [5.41, 5.74) is 1.73. The van der Waals surface area contributed by atoms with Crippen molar-refractivity contribution in [2.75, 3.05) is 16.8 Å². The molecule has 1 amide bonds. The number of nitrogens with one attached hydrogen (secondary N) is 2. The highest BCUT2D eigenvalue weighted by Crippen LogP contribution is 2.17. The summed E-state index contributed by atoms with van der Waals surface area (Å²) >= 11 is 0. The molecule has 0 spiro atoms. The fourth-order valence-corrected chi connectivity index (χ4v) is 3.90. The first kappa shape index (κ1) is 14.0. The number of para-hydroxylation sites is 1. The van der Waals surface area contributed by atoms with Crippen molar-refractivity contribution in [1.82, 2.24) is 5.32 Å². The molecule has 0 aliphatic carbocycles. The largest absolute Gasteiger partial charge is 0.326 e. The molecule has 1 atom stereocenters. The third-order valence-corrected chi connectivity index (χ3v) is 4.91. The molecule has 0 aromatic heterocycles. The molecule has 1 aromatic carbocycles. The zero-order valence-corrected chi connectivity index (χ0v) is 11.7. The van der Waals surface area contributed by atoms with Crippen molar-refractivity contribution in [2.45, 2.75) is 25.9 Å². The molecule has 0 unspecified atom stereocenters. The van der Waals surface area contributed by atoms with Gasteiger partial charge in [-0.1, -0.05) is 18.2 Å². The van der Waals surface area contributed by atoms with Crippen molar-refractivity contribution in [1.29, 1.82) is 0 Å². The maximum Gasteiger partial charge on any atom is 0.221 e. The van der Waals surface area contributed by atoms with Crippen molar-refractivity contribution in [3.63, 3.8) is 0 Å². The third kappa shape index (κ3) is 4.04. The number of carbonyl (C=O) groups is 1. The zero-order chi connectivity index (χ0) is 13.9. The van der Waals surface area contributed by atoms with E-state index in [1.807, 2.05) is 24.3 Å². The van der Waals surface area contributed by atoms with E-state index in [-0.39, 0.29) is 23.5 Å². The van der Waals surface area contributed by atoms with Gasteiger partial charge in [-0.15, -0.1) is 0 Å². The van der Waals surface area contributed by atoms with Crippen LogP contribution < -0.4 is 10.6 Å². The van der Waals surface area contributed by atoms with Gasteiger partial charge in [0.1, 0.15) is 0 Å². The van der Waals surface area contributed by atoms with Gasteiger partial charge >= 0.3 is 0 Å². The summed E-state index contributed by atoms with van der Waals surface area (Å²) in [6, 6.07) is 7.52. The summed E-state index contributed by atoms with van der Waals surface area (Å²) in [6.07, 6.45) is 0.657. The predicted octanol–water partition coefficient (Wildman–Crippen LogP) is 0.922. The molecule has 1 saturated heterocycles. The Morgan fingerprint density at radius 1 is 1.37 bits per heavy atom. The summed E-state index contributed by atoms with van der Waals surface area (Å²) in [6.45, 7) is 2.02. The predicted molar refractivity (Wildman–Crippen MR) is 74.6 cm³/mol. The van der Waals surface area contributed by atoms with Crippen LogP contribution in [0.1, 0.15) is 18.9 Å². The first-order valence-corrected chi connectivity index (χ1v) is 8.08. The van der Waals surface area contributed by atoms with Crippen LogP contribution >= 0.6 is 0 Å². The average molecular weight is 282 g/mol. The van der Waals surface area contributed by atoms with Crippen LogP contribution in [-0.4, -0.2) is 31.9 Å². The van der Waals surface area contributed by atoms with Crippen molar-refractivity contribution >= 4 is 21.4 Å². The average Bonchev–Trinajstić information content (AvgIpc) is 2.67. The molecule has 104 valence electrons. The van der Waals surface area contributed by atoms with Crippen LogP contribution in [0.15, 0.2) is 24.3 Å². The summed E-state index contributed by atoms with van der Waals surface area (Å²) in [7, 11) is -2.86. The van der Waals surface area contributed by atoms with Crippen molar-refractivity contribution in [2.24, 2.45) is 0 Å². The molecular weight excluding hydrogens is 264 g/mol. The second-order valence-electron chi connectivity index (χ2n) is 4.82. The molecule has 1 aliphatic heterocycles. The number of hydrogen-bond acceptors (Lipinski definition) is 4. The SMILES string of the molecule is CC(=O)Nc1ccccc1CN[C@H]1CCS(=O)(=O)C1. The van der Waals surface area contributed by atoms with Crippen molar-refractivity contribution in [3.05, 3.63) is 29.8 Å². The van der Waals surface area contributed by atoms with E-state index in [4.69, 9.17) is 0 Å². The van der Waals surface area contributed by atoms with E-state index in [1.165, 1.54) is 6.92 Å². The van der Waals surface area contributed by atoms with Gasteiger partial charge in [-0.05, 0) is 18.1 Å². The van der Waals surface area contributed by atoms with Crippen LogP contribution in [0.3, 0.4) is 0 Å². The highest BCUT2D eigenvalue weighted by molar-refractivity contribution is 7.91. The first-order chi connectivity index (χ1) is 8.96. The highest BCUT2D eigenvalue weighted by atomic mass is 32.2. The van der Waals surface area contributed by atoms with Gasteiger partial charge in [0, 0.05) is 25.2 Å². The first-order valence-electron chi connectivity index (χ1n) is 6.25. The molecule has 1 aliphatic rings. The lowest BCUT2D eigenvalue weighted by atomic mass is 10.1. The van der Waals surface area contributed by atoms with E-state index >= 15 is 0 Å². The summed E-state index contributed by atoms with van der Waals surface area (Å²) in [5.74, 6) is 0.351. The Morgan fingerprint density at radius 3 is 2.74 bits per heavy atom. The minimum absolute atomic E-state index is 0.00961. The van der Waals surface area contributed by atoms with Crippen LogP contribution in [0.4, 0.5) is 5.69 Å². The summed E-state index contributed by atoms with van der Waals surface area (Å²) in [4.78, 5) is 11.1. The van der Waals surface area contributed by atoms with E-state index in [1.54, 1.807) is 0 Å². The fourth-order valence-electron chi connectivity index (χ4n) is 2.20. The lowest BCUT2D eigenvalue weighted by Crippen LogP contribution is -2.29. The zero-order valence-electron chi connectivity index (χ0n) is 10.8. The number of sulfone groups is 1. The monoisotopic (exact) mass is 282 g/mol. The van der Waals surface area contributed by atoms with Gasteiger partial charge in [-0.25, -0.2) is 8.42 Å². The second-order valence-corrected chi connectivity index (χ2v) is 7.05. The van der Waals surface area contributed by atoms with Crippen LogP contribution in [0.5, 0.6) is 0 Å². The minimum atomic E-state index is -2.86. The van der Waals surface area contributed by atoms with E-state index in [0.717, 1.165) is 11.3 Å². The van der Waals surface area contributed by atoms with E-state index in [9.17, 15) is 13.2 Å². The minimum Gasteiger partial charge on any atom is -0.326 e. The second kappa shape index (κ2) is 5.71. The Bertz CT molecular complexity index is 569. The lowest BCUT2D eigenvalue weighted by Gasteiger charge is -2.14. The van der Waals surface area contributed by atoms with Gasteiger partial charge in [-0.2, -0.15) is 0 Å². The number of rotatable bonds is 4. The topological polar surface area (TPSA) is 75.3 Å². The van der Waals surface area contributed by atoms with E-state index in [2.05, 4.69) is 10.6 Å². The number of anilines is 1. The summed E-state index contributed by atoms with van der Waals surface area (Å²) in [5, 5.41) is 6.00. The standard InChI is InChI=1S/C13H18N2O3S/c1-10(16)15-13-5-3-2-4-11(13)8-14-12-6-7-19(17,18)9-12/h2-5,12,14H,6-9H2,1H3,(H,15,16)/t12-/m0/s1. The van der Waals surface area contributed by atoms with Gasteiger partial charge in [0.15, 0.2) is 9.84 Å². The van der Waals surface area contributed by atoms with Gasteiger partial charge in [0.25, 0.3) is 0 Å². The molecule has 1 fully saturated rings. The van der Waals surface area contributed by atoms with Crippen LogP contribution in [0, 0.1) is 0 Å². The number of amides is 1. The molecule has 2 N–H and O–H groups in total. The smallest absolute Gasteiger partial charge is 0.221 e. The molecule has 5 nitrogen and oxygen atoms in total. The lowest BCUT2D eigenvalue weighted by molar-refractivity contribution is -0.114. The molecule has 0 saturated carbocycles. The molecule has 1 aromatic rings. The molecular formula is C13H18N2O3S. The maximum atomic E-state index is 11.4. The van der Waals surface area contributed by atoms with Crippen LogP contribution in [0.25, 0.3) is 0 Å². The number of hydrogen-bond donors (Lipinski definition) is 2. The van der Waals surface area contributed by atoms with Crippen LogP contribution in [-0.2, 0) is 21.2 Å². The van der Waals surface area contributed by atoms with Crippen molar-refractivity contribution in [3.8, 4) is 0 Å². The van der Waals surface area contributed by atoms with Gasteiger partial charge in [0.05, 0.1) is 11.5 Å². The Balaban J connectivity index is 1.98. The van der Waals surface area contributed by atoms with E-state index < -0.39 is 9.84 Å². The van der Waals surface area contributed by atoms with Gasteiger partial charge in [-0.3, -0.25) is 4.79 Å². The molecule has 2 rings (SSSR count). The maximum absolute atomic E-state index is 11.4. The molecule has 0 bridgehead atoms. The Hall–Kier alpha value is -1.40. The molecule has 6 heteroatoms. The normalized spacial score (nSPS) is 21.2. The summed E-state index contributed by atoms with van der Waals surface area (Å²) < 4.78 is 22.7. The molecule has 0 radical (unpaired) electrons. The Kier molecular flexibility index (Phi) is 4.21. The van der Waals surface area contributed by atoms with Gasteiger partial charge in [0.2, 0.25) is 5.91 Å². The highest BCUT2D eigenvalue weighted by Gasteiger charge is 2.27. The number of carbonyl (C=O) groups excluding carboxylic acids is 1. The Morgan fingerprint density at radius 2 is 2.11 bits per heavy atom. The van der Waals surface area contributed by atoms with E-state index in [0.29, 0.717) is 13.0 Å². The van der Waals surface area contributed by atoms with Crippen LogP contribution in [0.2, 0.25) is 0 Å². The fraction of sp³-hybridized carbons (Fsp3) is 0.462. The Labute approximate surface area is 113 Å². The van der Waals surface area contributed by atoms with Crippen molar-refractivity contribution < 1.29 is 13.2 Å². The number of benzene rings is 1. The third-order valence-electron chi connectivity index (χ3n) is 3.14. The quantitative estimate of drug-likeness (QED) is 0.861. The molecule has 19 heavy (non-hydrogen) atoms. The molecule has 1 heterocycles.